The Morgan fingerprint density at radius 2 is 2.38 bits per heavy atom. The smallest absolute Gasteiger partial charge is 0.191 e. The van der Waals surface area contributed by atoms with E-state index >= 15 is 0 Å². The fourth-order valence-electron chi connectivity index (χ4n) is 1.34. The van der Waals surface area contributed by atoms with Crippen molar-refractivity contribution in [3.8, 4) is 0 Å². The molecule has 0 radical (unpaired) electrons. The molecule has 0 bridgehead atoms. The lowest BCUT2D eigenvalue weighted by molar-refractivity contribution is 1.05. The van der Waals surface area contributed by atoms with Crippen molar-refractivity contribution >= 4 is 10.9 Å². The molecule has 0 amide bonds. The summed E-state index contributed by atoms with van der Waals surface area (Å²) in [5.41, 5.74) is 1.86. The third-order valence-electron chi connectivity index (χ3n) is 2.07. The van der Waals surface area contributed by atoms with Gasteiger partial charge >= 0.3 is 0 Å². The van der Waals surface area contributed by atoms with Gasteiger partial charge in [-0.2, -0.15) is 0 Å². The topological polar surface area (TPSA) is 45.8 Å². The van der Waals surface area contributed by atoms with Gasteiger partial charge in [-0.25, -0.2) is 0 Å². The van der Waals surface area contributed by atoms with Gasteiger partial charge in [-0.3, -0.25) is 9.78 Å². The van der Waals surface area contributed by atoms with Crippen molar-refractivity contribution in [1.82, 2.24) is 9.97 Å². The molecule has 2 aromatic rings. The largest absolute Gasteiger partial charge is 0.358 e. The van der Waals surface area contributed by atoms with Crippen LogP contribution in [0.5, 0.6) is 0 Å². The molecule has 3 heteroatoms. The molecule has 0 unspecified atom stereocenters. The second-order valence-electron chi connectivity index (χ2n) is 2.93. The molecule has 2 aromatic heterocycles. The molecule has 0 saturated carbocycles. The molecule has 3 nitrogen and oxygen atoms in total. The maximum Gasteiger partial charge on any atom is 0.191 e. The number of hydrogen-bond donors (Lipinski definition) is 1. The molecule has 0 atom stereocenters. The molecule has 0 aliphatic carbocycles. The summed E-state index contributed by atoms with van der Waals surface area (Å²) in [7, 11) is 0. The molecule has 0 aliphatic heterocycles. The fourth-order valence-corrected chi connectivity index (χ4v) is 1.34. The lowest BCUT2D eigenvalue weighted by Crippen LogP contribution is -2.04. The third-order valence-corrected chi connectivity index (χ3v) is 2.07. The Labute approximate surface area is 75.4 Å². The van der Waals surface area contributed by atoms with Gasteiger partial charge in [0.2, 0.25) is 0 Å². The van der Waals surface area contributed by atoms with Gasteiger partial charge in [0.05, 0.1) is 10.9 Å². The van der Waals surface area contributed by atoms with E-state index in [1.54, 1.807) is 18.5 Å². The zero-order valence-corrected chi connectivity index (χ0v) is 7.37. The summed E-state index contributed by atoms with van der Waals surface area (Å²) in [6, 6.07) is 3.44. The van der Waals surface area contributed by atoms with Crippen molar-refractivity contribution in [3.05, 3.63) is 40.4 Å². The van der Waals surface area contributed by atoms with E-state index < -0.39 is 0 Å². The molecule has 2 rings (SSSR count). The molecule has 0 fully saturated rings. The van der Waals surface area contributed by atoms with Crippen LogP contribution in [0.2, 0.25) is 0 Å². The van der Waals surface area contributed by atoms with E-state index in [0.717, 1.165) is 17.6 Å². The third kappa shape index (κ3) is 1.33. The van der Waals surface area contributed by atoms with E-state index in [1.165, 1.54) is 0 Å². The summed E-state index contributed by atoms with van der Waals surface area (Å²) in [6.45, 7) is 2.01. The minimum atomic E-state index is 0.0405. The zero-order valence-electron chi connectivity index (χ0n) is 7.37. The number of fused-ring (bicyclic) bond motifs is 1. The minimum Gasteiger partial charge on any atom is -0.358 e. The van der Waals surface area contributed by atoms with Crippen molar-refractivity contribution in [3.63, 3.8) is 0 Å². The summed E-state index contributed by atoms with van der Waals surface area (Å²) in [5, 5.41) is 0.653. The molecule has 0 aliphatic rings. The van der Waals surface area contributed by atoms with Gasteiger partial charge in [0, 0.05) is 24.2 Å². The first-order chi connectivity index (χ1) is 6.31. The lowest BCUT2D eigenvalue weighted by Gasteiger charge is -1.99. The highest BCUT2D eigenvalue weighted by atomic mass is 16.1. The Hall–Kier alpha value is -1.64. The number of aryl methyl sites for hydroxylation is 1. The van der Waals surface area contributed by atoms with Crippen LogP contribution in [0.15, 0.2) is 29.3 Å². The average Bonchev–Trinajstić information content (AvgIpc) is 2.18. The maximum atomic E-state index is 11.5. The summed E-state index contributed by atoms with van der Waals surface area (Å²) in [6.07, 6.45) is 4.11. The predicted molar refractivity (Wildman–Crippen MR) is 51.7 cm³/mol. The molecular weight excluding hydrogens is 164 g/mol. The van der Waals surface area contributed by atoms with E-state index in [2.05, 4.69) is 9.97 Å². The summed E-state index contributed by atoms with van der Waals surface area (Å²) in [5.74, 6) is 0. The van der Waals surface area contributed by atoms with Crippen molar-refractivity contribution in [2.75, 3.05) is 0 Å². The van der Waals surface area contributed by atoms with Gasteiger partial charge in [0.15, 0.2) is 5.43 Å². The highest BCUT2D eigenvalue weighted by molar-refractivity contribution is 5.76. The highest BCUT2D eigenvalue weighted by Gasteiger charge is 1.99. The quantitative estimate of drug-likeness (QED) is 0.711. The van der Waals surface area contributed by atoms with E-state index in [1.807, 2.05) is 13.0 Å². The standard InChI is InChI=1S/C10H10N2O/c1-2-7-5-10(13)8-6-11-4-3-9(8)12-7/h3-6H,2H2,1H3,(H,12,13). The number of rotatable bonds is 1. The van der Waals surface area contributed by atoms with E-state index in [4.69, 9.17) is 0 Å². The number of aromatic nitrogens is 2. The normalized spacial score (nSPS) is 10.5. The Balaban J connectivity index is 2.85. The van der Waals surface area contributed by atoms with Crippen LogP contribution in [-0.2, 0) is 6.42 Å². The summed E-state index contributed by atoms with van der Waals surface area (Å²) < 4.78 is 0. The Morgan fingerprint density at radius 3 is 3.15 bits per heavy atom. The van der Waals surface area contributed by atoms with E-state index in [9.17, 15) is 4.79 Å². The SMILES string of the molecule is CCc1cc(=O)c2cnccc2[nH]1. The summed E-state index contributed by atoms with van der Waals surface area (Å²) >= 11 is 0. The first-order valence-corrected chi connectivity index (χ1v) is 4.27. The van der Waals surface area contributed by atoms with Crippen molar-refractivity contribution in [2.24, 2.45) is 0 Å². The van der Waals surface area contributed by atoms with Gasteiger partial charge in [-0.05, 0) is 12.5 Å². The molecule has 13 heavy (non-hydrogen) atoms. The molecule has 0 aromatic carbocycles. The predicted octanol–water partition coefficient (Wildman–Crippen LogP) is 1.49. The number of hydrogen-bond acceptors (Lipinski definition) is 2. The molecule has 66 valence electrons. The second kappa shape index (κ2) is 3.01. The summed E-state index contributed by atoms with van der Waals surface area (Å²) in [4.78, 5) is 18.6. The molecule has 2 heterocycles. The van der Waals surface area contributed by atoms with Crippen LogP contribution in [0.1, 0.15) is 12.6 Å². The van der Waals surface area contributed by atoms with Crippen LogP contribution in [0.4, 0.5) is 0 Å². The van der Waals surface area contributed by atoms with Crippen LogP contribution >= 0.6 is 0 Å². The highest BCUT2D eigenvalue weighted by Crippen LogP contribution is 2.05. The number of nitrogens with one attached hydrogen (secondary N) is 1. The Kier molecular flexibility index (Phi) is 1.85. The number of pyridine rings is 2. The monoisotopic (exact) mass is 174 g/mol. The van der Waals surface area contributed by atoms with Crippen LogP contribution in [0, 0.1) is 0 Å². The van der Waals surface area contributed by atoms with E-state index in [0.29, 0.717) is 5.39 Å². The van der Waals surface area contributed by atoms with Crippen LogP contribution in [0.3, 0.4) is 0 Å². The Morgan fingerprint density at radius 1 is 1.54 bits per heavy atom. The van der Waals surface area contributed by atoms with Crippen molar-refractivity contribution in [2.45, 2.75) is 13.3 Å². The molecule has 0 saturated heterocycles. The van der Waals surface area contributed by atoms with E-state index in [-0.39, 0.29) is 5.43 Å². The van der Waals surface area contributed by atoms with Crippen LogP contribution in [-0.4, -0.2) is 9.97 Å². The molecular formula is C10H10N2O. The lowest BCUT2D eigenvalue weighted by atomic mass is 10.2. The first-order valence-electron chi connectivity index (χ1n) is 4.27. The van der Waals surface area contributed by atoms with Gasteiger partial charge in [0.25, 0.3) is 0 Å². The zero-order chi connectivity index (χ0) is 9.26. The van der Waals surface area contributed by atoms with Crippen molar-refractivity contribution in [1.29, 1.82) is 0 Å². The van der Waals surface area contributed by atoms with Gasteiger partial charge in [0.1, 0.15) is 0 Å². The van der Waals surface area contributed by atoms with Gasteiger partial charge in [-0.15, -0.1) is 0 Å². The average molecular weight is 174 g/mol. The van der Waals surface area contributed by atoms with Crippen LogP contribution in [0.25, 0.3) is 10.9 Å². The van der Waals surface area contributed by atoms with Crippen LogP contribution < -0.4 is 5.43 Å². The molecule has 0 spiro atoms. The number of aromatic amines is 1. The Bertz CT molecular complexity index is 487. The number of nitrogens with zero attached hydrogens (tertiary/aromatic N) is 1. The van der Waals surface area contributed by atoms with Crippen molar-refractivity contribution < 1.29 is 0 Å². The van der Waals surface area contributed by atoms with Gasteiger partial charge < -0.3 is 4.98 Å². The molecule has 1 N–H and O–H groups in total. The fraction of sp³-hybridized carbons (Fsp3) is 0.200. The number of H-pyrrole nitrogens is 1. The first kappa shape index (κ1) is 7.98. The maximum absolute atomic E-state index is 11.5. The van der Waals surface area contributed by atoms with Gasteiger partial charge in [-0.1, -0.05) is 6.92 Å². The minimum absolute atomic E-state index is 0.0405. The second-order valence-corrected chi connectivity index (χ2v) is 2.93.